The van der Waals surface area contributed by atoms with Crippen LogP contribution in [-0.4, -0.2) is 0 Å². The maximum absolute atomic E-state index is 2.38. The third kappa shape index (κ3) is 3.29. The van der Waals surface area contributed by atoms with E-state index in [0.29, 0.717) is 0 Å². The molecule has 1 aliphatic rings. The van der Waals surface area contributed by atoms with Crippen LogP contribution in [0.2, 0.25) is 0 Å². The normalized spacial score (nSPS) is 30.2. The third-order valence-electron chi connectivity index (χ3n) is 4.25. The molecule has 1 aliphatic carbocycles. The molecular formula is C14H28. The highest BCUT2D eigenvalue weighted by molar-refractivity contribution is 4.77. The summed E-state index contributed by atoms with van der Waals surface area (Å²) in [4.78, 5) is 0. The summed E-state index contributed by atoms with van der Waals surface area (Å²) in [6, 6.07) is 0. The third-order valence-corrected chi connectivity index (χ3v) is 4.25. The fourth-order valence-electron chi connectivity index (χ4n) is 3.28. The Morgan fingerprint density at radius 2 is 1.93 bits per heavy atom. The SMILES string of the molecule is CCCC(CC)C1CCCC(CC)C1. The molecular weight excluding hydrogens is 168 g/mol. The summed E-state index contributed by atoms with van der Waals surface area (Å²) in [5, 5.41) is 0. The zero-order valence-electron chi connectivity index (χ0n) is 10.4. The minimum atomic E-state index is 1.04. The van der Waals surface area contributed by atoms with Crippen LogP contribution in [0, 0.1) is 17.8 Å². The molecule has 0 heteroatoms. The highest BCUT2D eigenvalue weighted by Crippen LogP contribution is 2.38. The van der Waals surface area contributed by atoms with Crippen molar-refractivity contribution in [2.75, 3.05) is 0 Å². The molecule has 14 heavy (non-hydrogen) atoms. The van der Waals surface area contributed by atoms with Crippen molar-refractivity contribution >= 4 is 0 Å². The summed E-state index contributed by atoms with van der Waals surface area (Å²) in [6.07, 6.45) is 11.8. The molecule has 0 aromatic heterocycles. The second-order valence-electron chi connectivity index (χ2n) is 5.16. The number of hydrogen-bond acceptors (Lipinski definition) is 0. The van der Waals surface area contributed by atoms with Gasteiger partial charge in [-0.3, -0.25) is 0 Å². The fourth-order valence-corrected chi connectivity index (χ4v) is 3.28. The standard InChI is InChI=1S/C14H28/c1-4-8-13(6-3)14-10-7-9-12(5-2)11-14/h12-14H,4-11H2,1-3H3. The van der Waals surface area contributed by atoms with E-state index in [1.807, 2.05) is 0 Å². The Hall–Kier alpha value is 0. The first-order valence-electron chi connectivity index (χ1n) is 6.81. The monoisotopic (exact) mass is 196 g/mol. The lowest BCUT2D eigenvalue weighted by Crippen LogP contribution is -2.22. The van der Waals surface area contributed by atoms with Gasteiger partial charge in [-0.2, -0.15) is 0 Å². The molecule has 0 bridgehead atoms. The Morgan fingerprint density at radius 1 is 1.14 bits per heavy atom. The van der Waals surface area contributed by atoms with Crippen LogP contribution in [0.1, 0.15) is 72.1 Å². The van der Waals surface area contributed by atoms with Crippen LogP contribution in [0.15, 0.2) is 0 Å². The molecule has 0 nitrogen and oxygen atoms in total. The lowest BCUT2D eigenvalue weighted by Gasteiger charge is -2.34. The Labute approximate surface area is 90.5 Å². The smallest absolute Gasteiger partial charge is 0.0383 e. The van der Waals surface area contributed by atoms with Crippen molar-refractivity contribution in [3.8, 4) is 0 Å². The van der Waals surface area contributed by atoms with Crippen LogP contribution in [-0.2, 0) is 0 Å². The molecule has 1 saturated carbocycles. The summed E-state index contributed by atoms with van der Waals surface area (Å²) in [7, 11) is 0. The van der Waals surface area contributed by atoms with Gasteiger partial charge in [-0.1, -0.05) is 65.7 Å². The summed E-state index contributed by atoms with van der Waals surface area (Å²) in [6.45, 7) is 7.09. The van der Waals surface area contributed by atoms with E-state index in [4.69, 9.17) is 0 Å². The molecule has 0 aromatic carbocycles. The molecule has 0 aromatic rings. The minimum Gasteiger partial charge on any atom is -0.0654 e. The van der Waals surface area contributed by atoms with Gasteiger partial charge in [-0.25, -0.2) is 0 Å². The van der Waals surface area contributed by atoms with Crippen LogP contribution in [0.5, 0.6) is 0 Å². The average Bonchev–Trinajstić information content (AvgIpc) is 2.26. The molecule has 0 radical (unpaired) electrons. The van der Waals surface area contributed by atoms with Crippen molar-refractivity contribution in [1.29, 1.82) is 0 Å². The lowest BCUT2D eigenvalue weighted by molar-refractivity contribution is 0.179. The number of hydrogen-bond donors (Lipinski definition) is 0. The molecule has 1 fully saturated rings. The quantitative estimate of drug-likeness (QED) is 0.578. The first-order chi connectivity index (χ1) is 6.81. The van der Waals surface area contributed by atoms with Gasteiger partial charge in [-0.05, 0) is 24.2 Å². The number of rotatable bonds is 5. The minimum absolute atomic E-state index is 1.04. The van der Waals surface area contributed by atoms with E-state index in [1.54, 1.807) is 0 Å². The van der Waals surface area contributed by atoms with E-state index in [1.165, 1.54) is 51.4 Å². The van der Waals surface area contributed by atoms with Crippen LogP contribution < -0.4 is 0 Å². The highest BCUT2D eigenvalue weighted by Gasteiger charge is 2.25. The molecule has 0 amide bonds. The molecule has 3 unspecified atom stereocenters. The summed E-state index contributed by atoms with van der Waals surface area (Å²) < 4.78 is 0. The van der Waals surface area contributed by atoms with Gasteiger partial charge in [0.1, 0.15) is 0 Å². The van der Waals surface area contributed by atoms with Gasteiger partial charge in [0.25, 0.3) is 0 Å². The van der Waals surface area contributed by atoms with Crippen molar-refractivity contribution in [3.05, 3.63) is 0 Å². The Balaban J connectivity index is 2.40. The van der Waals surface area contributed by atoms with E-state index in [9.17, 15) is 0 Å². The van der Waals surface area contributed by atoms with Crippen LogP contribution in [0.3, 0.4) is 0 Å². The van der Waals surface area contributed by atoms with Crippen LogP contribution in [0.25, 0.3) is 0 Å². The van der Waals surface area contributed by atoms with Crippen molar-refractivity contribution in [1.82, 2.24) is 0 Å². The fraction of sp³-hybridized carbons (Fsp3) is 1.00. The Morgan fingerprint density at radius 3 is 2.50 bits per heavy atom. The summed E-state index contributed by atoms with van der Waals surface area (Å²) >= 11 is 0. The van der Waals surface area contributed by atoms with E-state index in [2.05, 4.69) is 20.8 Å². The summed E-state index contributed by atoms with van der Waals surface area (Å²) in [5.41, 5.74) is 0. The highest BCUT2D eigenvalue weighted by atomic mass is 14.3. The summed E-state index contributed by atoms with van der Waals surface area (Å²) in [5.74, 6) is 3.16. The second-order valence-corrected chi connectivity index (χ2v) is 5.16. The predicted octanol–water partition coefficient (Wildman–Crippen LogP) is 5.03. The predicted molar refractivity (Wildman–Crippen MR) is 64.4 cm³/mol. The molecule has 0 aliphatic heterocycles. The van der Waals surface area contributed by atoms with Crippen LogP contribution in [0.4, 0.5) is 0 Å². The molecule has 84 valence electrons. The van der Waals surface area contributed by atoms with Gasteiger partial charge in [0.05, 0.1) is 0 Å². The molecule has 3 atom stereocenters. The first kappa shape index (κ1) is 12.1. The van der Waals surface area contributed by atoms with E-state index >= 15 is 0 Å². The molecule has 0 N–H and O–H groups in total. The van der Waals surface area contributed by atoms with Crippen molar-refractivity contribution in [2.45, 2.75) is 72.1 Å². The van der Waals surface area contributed by atoms with Gasteiger partial charge >= 0.3 is 0 Å². The zero-order chi connectivity index (χ0) is 10.4. The molecule has 0 spiro atoms. The van der Waals surface area contributed by atoms with Crippen molar-refractivity contribution in [2.24, 2.45) is 17.8 Å². The van der Waals surface area contributed by atoms with Crippen molar-refractivity contribution < 1.29 is 0 Å². The van der Waals surface area contributed by atoms with Gasteiger partial charge in [0, 0.05) is 0 Å². The molecule has 0 heterocycles. The van der Waals surface area contributed by atoms with Gasteiger partial charge < -0.3 is 0 Å². The Kier molecular flexibility index (Phi) is 5.59. The lowest BCUT2D eigenvalue weighted by atomic mass is 9.72. The molecule has 0 saturated heterocycles. The van der Waals surface area contributed by atoms with E-state index in [0.717, 1.165) is 17.8 Å². The maximum atomic E-state index is 2.38. The topological polar surface area (TPSA) is 0 Å². The van der Waals surface area contributed by atoms with Gasteiger partial charge in [-0.15, -0.1) is 0 Å². The largest absolute Gasteiger partial charge is 0.0654 e. The first-order valence-corrected chi connectivity index (χ1v) is 6.81. The van der Waals surface area contributed by atoms with E-state index < -0.39 is 0 Å². The van der Waals surface area contributed by atoms with Gasteiger partial charge in [0.15, 0.2) is 0 Å². The second kappa shape index (κ2) is 6.48. The maximum Gasteiger partial charge on any atom is -0.0383 e. The van der Waals surface area contributed by atoms with Crippen LogP contribution >= 0.6 is 0 Å². The zero-order valence-corrected chi connectivity index (χ0v) is 10.4. The van der Waals surface area contributed by atoms with Gasteiger partial charge in [0.2, 0.25) is 0 Å². The van der Waals surface area contributed by atoms with Crippen molar-refractivity contribution in [3.63, 3.8) is 0 Å². The average molecular weight is 196 g/mol. The molecule has 1 rings (SSSR count). The Bertz CT molecular complexity index is 139. The van der Waals surface area contributed by atoms with E-state index in [-0.39, 0.29) is 0 Å².